The van der Waals surface area contributed by atoms with E-state index in [0.29, 0.717) is 24.4 Å². The third-order valence-electron chi connectivity index (χ3n) is 4.66. The Balaban J connectivity index is 2.19. The van der Waals surface area contributed by atoms with Gasteiger partial charge in [-0.15, -0.1) is 11.3 Å². The molecule has 6 nitrogen and oxygen atoms in total. The number of amides is 2. The Bertz CT molecular complexity index is 795. The second-order valence-corrected chi connectivity index (χ2v) is 8.19. The van der Waals surface area contributed by atoms with E-state index in [1.165, 1.54) is 11.3 Å². The molecule has 2 amide bonds. The number of carbonyl (C=O) groups is 2. The summed E-state index contributed by atoms with van der Waals surface area (Å²) in [6, 6.07) is 4.67. The van der Waals surface area contributed by atoms with Gasteiger partial charge in [0.25, 0.3) is 0 Å². The van der Waals surface area contributed by atoms with Gasteiger partial charge in [-0.1, -0.05) is 38.8 Å². The maximum absolute atomic E-state index is 12.8. The van der Waals surface area contributed by atoms with E-state index in [1.54, 1.807) is 13.0 Å². The van der Waals surface area contributed by atoms with E-state index < -0.39 is 6.04 Å². The van der Waals surface area contributed by atoms with Crippen molar-refractivity contribution in [3.05, 3.63) is 28.2 Å². The molecule has 2 aromatic rings. The van der Waals surface area contributed by atoms with Gasteiger partial charge in [-0.05, 0) is 24.1 Å². The second-order valence-electron chi connectivity index (χ2n) is 6.63. The van der Waals surface area contributed by atoms with Crippen LogP contribution in [0.4, 0.5) is 0 Å². The lowest BCUT2D eigenvalue weighted by Gasteiger charge is -2.26. The number of benzene rings is 1. The third kappa shape index (κ3) is 5.89. The zero-order valence-corrected chi connectivity index (χ0v) is 17.5. The van der Waals surface area contributed by atoms with Crippen LogP contribution >= 0.6 is 22.9 Å². The quantitative estimate of drug-likeness (QED) is 0.592. The normalized spacial score (nSPS) is 14.6. The summed E-state index contributed by atoms with van der Waals surface area (Å²) < 4.78 is 0.956. The first-order valence-electron chi connectivity index (χ1n) is 9.22. The van der Waals surface area contributed by atoms with Crippen molar-refractivity contribution in [2.45, 2.75) is 52.1 Å². The van der Waals surface area contributed by atoms with Crippen molar-refractivity contribution in [2.24, 2.45) is 11.7 Å². The number of rotatable bonds is 9. The Kier molecular flexibility index (Phi) is 8.01. The smallest absolute Gasteiger partial charge is 0.243 e. The van der Waals surface area contributed by atoms with E-state index in [2.05, 4.69) is 29.5 Å². The summed E-state index contributed by atoms with van der Waals surface area (Å²) in [5.74, 6) is -0.150. The van der Waals surface area contributed by atoms with E-state index >= 15 is 0 Å². The summed E-state index contributed by atoms with van der Waals surface area (Å²) in [5, 5.41) is 7.21. The van der Waals surface area contributed by atoms with E-state index in [9.17, 15) is 9.59 Å². The predicted octanol–water partition coefficient (Wildman–Crippen LogP) is 2.88. The number of nitrogens with one attached hydrogen (secondary N) is 2. The Morgan fingerprint density at radius 1 is 1.30 bits per heavy atom. The highest BCUT2D eigenvalue weighted by atomic mass is 35.5. The molecule has 27 heavy (non-hydrogen) atoms. The van der Waals surface area contributed by atoms with Crippen molar-refractivity contribution in [2.75, 3.05) is 6.54 Å². The number of nitrogens with two attached hydrogens (primary N) is 1. The van der Waals surface area contributed by atoms with Crippen molar-refractivity contribution in [1.82, 2.24) is 15.6 Å². The van der Waals surface area contributed by atoms with Crippen LogP contribution in [0, 0.1) is 5.92 Å². The highest BCUT2D eigenvalue weighted by molar-refractivity contribution is 7.18. The van der Waals surface area contributed by atoms with Crippen molar-refractivity contribution >= 4 is 45.0 Å². The highest BCUT2D eigenvalue weighted by Crippen LogP contribution is 2.26. The molecule has 0 saturated carbocycles. The minimum Gasteiger partial charge on any atom is -0.350 e. The molecule has 0 unspecified atom stereocenters. The Labute approximate surface area is 168 Å². The molecule has 8 heteroatoms. The van der Waals surface area contributed by atoms with Gasteiger partial charge in [-0.25, -0.2) is 4.98 Å². The number of nitrogens with zero attached hydrogens (tertiary/aromatic N) is 1. The number of thiazole rings is 1. The highest BCUT2D eigenvalue weighted by Gasteiger charge is 2.26. The summed E-state index contributed by atoms with van der Waals surface area (Å²) in [6.45, 7) is 6.22. The standard InChI is InChI=1S/C19H27ClN4O2S/c1-4-11(3)15(10-21)24-19(26)14(22-17(25)5-2)9-18-23-13-7-6-12(20)8-16(13)27-18/h6-8,11,14-15H,4-5,9-10,21H2,1-3H3,(H,22,25)(H,24,26)/t11-,14-,15+/m0/s1. The maximum Gasteiger partial charge on any atom is 0.243 e. The minimum absolute atomic E-state index is 0.127. The fraction of sp³-hybridized carbons (Fsp3) is 0.526. The van der Waals surface area contributed by atoms with E-state index in [1.807, 2.05) is 12.1 Å². The van der Waals surface area contributed by atoms with Crippen molar-refractivity contribution < 1.29 is 9.59 Å². The summed E-state index contributed by atoms with van der Waals surface area (Å²) in [7, 11) is 0. The molecule has 1 heterocycles. The maximum atomic E-state index is 12.8. The molecule has 0 fully saturated rings. The summed E-state index contributed by atoms with van der Waals surface area (Å²) in [6.07, 6.45) is 1.55. The van der Waals surface area contributed by atoms with Crippen LogP contribution in [0.3, 0.4) is 0 Å². The molecular formula is C19H27ClN4O2S. The Morgan fingerprint density at radius 3 is 2.67 bits per heavy atom. The van der Waals surface area contributed by atoms with Gasteiger partial charge >= 0.3 is 0 Å². The Hall–Kier alpha value is -1.70. The van der Waals surface area contributed by atoms with E-state index in [0.717, 1.165) is 21.6 Å². The first-order valence-corrected chi connectivity index (χ1v) is 10.4. The lowest BCUT2D eigenvalue weighted by atomic mass is 9.98. The molecule has 0 saturated heterocycles. The molecule has 0 aliphatic rings. The monoisotopic (exact) mass is 410 g/mol. The number of hydrogen-bond acceptors (Lipinski definition) is 5. The van der Waals surface area contributed by atoms with Crippen molar-refractivity contribution in [1.29, 1.82) is 0 Å². The zero-order valence-electron chi connectivity index (χ0n) is 15.9. The summed E-state index contributed by atoms with van der Waals surface area (Å²) in [5.41, 5.74) is 6.65. The SMILES string of the molecule is CCC(=O)N[C@@H](Cc1nc2ccc(Cl)cc2s1)C(=O)N[C@H](CN)[C@@H](C)CC. The van der Waals surface area contributed by atoms with Gasteiger partial charge in [0.05, 0.1) is 15.2 Å². The largest absolute Gasteiger partial charge is 0.350 e. The van der Waals surface area contributed by atoms with Crippen LogP contribution in [0.2, 0.25) is 5.02 Å². The van der Waals surface area contributed by atoms with Gasteiger partial charge in [0.1, 0.15) is 6.04 Å². The average Bonchev–Trinajstić information content (AvgIpc) is 3.05. The van der Waals surface area contributed by atoms with Crippen LogP contribution in [0.25, 0.3) is 10.2 Å². The molecule has 1 aromatic heterocycles. The van der Waals surface area contributed by atoms with Gasteiger partial charge in [-0.3, -0.25) is 9.59 Å². The van der Waals surface area contributed by atoms with Crippen LogP contribution in [0.5, 0.6) is 0 Å². The first kappa shape index (κ1) is 21.6. The lowest BCUT2D eigenvalue weighted by molar-refractivity contribution is -0.129. The number of fused-ring (bicyclic) bond motifs is 1. The van der Waals surface area contributed by atoms with Gasteiger partial charge in [0.15, 0.2) is 0 Å². The third-order valence-corrected chi connectivity index (χ3v) is 5.93. The molecular weight excluding hydrogens is 384 g/mol. The van der Waals surface area contributed by atoms with Crippen molar-refractivity contribution in [3.8, 4) is 0 Å². The average molecular weight is 411 g/mol. The molecule has 0 aliphatic carbocycles. The van der Waals surface area contributed by atoms with E-state index in [-0.39, 0.29) is 23.8 Å². The van der Waals surface area contributed by atoms with Gasteiger partial charge in [0, 0.05) is 30.5 Å². The number of carbonyl (C=O) groups excluding carboxylic acids is 2. The molecule has 0 radical (unpaired) electrons. The van der Waals surface area contributed by atoms with Gasteiger partial charge < -0.3 is 16.4 Å². The molecule has 3 atom stereocenters. The molecule has 0 bridgehead atoms. The summed E-state index contributed by atoms with van der Waals surface area (Å²) >= 11 is 7.51. The van der Waals surface area contributed by atoms with Crippen LogP contribution in [-0.2, 0) is 16.0 Å². The minimum atomic E-state index is -0.688. The summed E-state index contributed by atoms with van der Waals surface area (Å²) in [4.78, 5) is 29.3. The molecule has 148 valence electrons. The zero-order chi connectivity index (χ0) is 20.0. The number of hydrogen-bond donors (Lipinski definition) is 3. The lowest BCUT2D eigenvalue weighted by Crippen LogP contribution is -2.53. The fourth-order valence-electron chi connectivity index (χ4n) is 2.72. The fourth-order valence-corrected chi connectivity index (χ4v) is 4.00. The van der Waals surface area contributed by atoms with Crippen LogP contribution in [0.15, 0.2) is 18.2 Å². The topological polar surface area (TPSA) is 97.1 Å². The molecule has 0 aliphatic heterocycles. The van der Waals surface area contributed by atoms with E-state index in [4.69, 9.17) is 17.3 Å². The second kappa shape index (κ2) is 10.0. The van der Waals surface area contributed by atoms with Crippen LogP contribution in [-0.4, -0.2) is 35.4 Å². The van der Waals surface area contributed by atoms with Crippen molar-refractivity contribution in [3.63, 3.8) is 0 Å². The van der Waals surface area contributed by atoms with Crippen LogP contribution < -0.4 is 16.4 Å². The Morgan fingerprint density at radius 2 is 2.04 bits per heavy atom. The molecule has 1 aromatic carbocycles. The predicted molar refractivity (Wildman–Crippen MR) is 111 cm³/mol. The molecule has 0 spiro atoms. The number of halogens is 1. The van der Waals surface area contributed by atoms with Gasteiger partial charge in [0.2, 0.25) is 11.8 Å². The van der Waals surface area contributed by atoms with Gasteiger partial charge in [-0.2, -0.15) is 0 Å². The number of aromatic nitrogens is 1. The first-order chi connectivity index (χ1) is 12.9. The molecule has 4 N–H and O–H groups in total. The van der Waals surface area contributed by atoms with Crippen LogP contribution in [0.1, 0.15) is 38.6 Å². The molecule has 2 rings (SSSR count).